The monoisotopic (exact) mass is 278 g/mol. The molecule has 18 heavy (non-hydrogen) atoms. The van der Waals surface area contributed by atoms with Crippen LogP contribution in [0.3, 0.4) is 0 Å². The van der Waals surface area contributed by atoms with Crippen LogP contribution in [0.5, 0.6) is 0 Å². The smallest absolute Gasteiger partial charge is 0.314 e. The van der Waals surface area contributed by atoms with Crippen LogP contribution in [0.4, 0.5) is 4.79 Å². The largest absolute Gasteiger partial charge is 0.481 e. The lowest BCUT2D eigenvalue weighted by molar-refractivity contribution is -0.141. The van der Waals surface area contributed by atoms with Crippen molar-refractivity contribution in [1.29, 1.82) is 0 Å². The Morgan fingerprint density at radius 1 is 1.22 bits per heavy atom. The number of carboxylic acids is 1. The summed E-state index contributed by atoms with van der Waals surface area (Å²) in [6.45, 7) is 2.60. The van der Waals surface area contributed by atoms with Crippen LogP contribution in [0, 0.1) is 5.92 Å². The maximum absolute atomic E-state index is 11.3. The lowest BCUT2D eigenvalue weighted by Gasteiger charge is -2.08. The molecule has 0 aromatic heterocycles. The van der Waals surface area contributed by atoms with Gasteiger partial charge in [0, 0.05) is 35.9 Å². The normalized spacial score (nSPS) is 13.7. The Hall–Kier alpha value is -1.11. The van der Waals surface area contributed by atoms with Gasteiger partial charge in [-0.1, -0.05) is 6.92 Å². The topological polar surface area (TPSA) is 95.5 Å². The summed E-state index contributed by atoms with van der Waals surface area (Å²) >= 11 is 0. The number of urea groups is 1. The maximum Gasteiger partial charge on any atom is 0.314 e. The Balaban J connectivity index is 3.42. The van der Waals surface area contributed by atoms with Gasteiger partial charge >= 0.3 is 12.0 Å². The molecule has 0 fully saturated rings. The number of rotatable bonds is 9. The first-order valence-corrected chi connectivity index (χ1v) is 7.70. The van der Waals surface area contributed by atoms with E-state index < -0.39 is 16.8 Å². The van der Waals surface area contributed by atoms with Crippen molar-refractivity contribution in [2.45, 2.75) is 26.2 Å². The highest BCUT2D eigenvalue weighted by molar-refractivity contribution is 7.84. The highest BCUT2D eigenvalue weighted by Crippen LogP contribution is 2.03. The molecule has 0 rings (SSSR count). The van der Waals surface area contributed by atoms with Crippen LogP contribution in [0.2, 0.25) is 0 Å². The molecule has 0 heterocycles. The average molecular weight is 278 g/mol. The van der Waals surface area contributed by atoms with Gasteiger partial charge in [-0.2, -0.15) is 0 Å². The number of carboxylic acid groups (broad SMARTS) is 1. The molecule has 0 aromatic rings. The number of amides is 2. The second-order valence-corrected chi connectivity index (χ2v) is 5.75. The number of carbonyl (C=O) groups excluding carboxylic acids is 1. The second-order valence-electron chi connectivity index (χ2n) is 4.20. The van der Waals surface area contributed by atoms with E-state index in [0.29, 0.717) is 38.1 Å². The number of hydrogen-bond acceptors (Lipinski definition) is 3. The Morgan fingerprint density at radius 2 is 1.78 bits per heavy atom. The molecular formula is C11H22N2O4S. The van der Waals surface area contributed by atoms with E-state index in [1.165, 1.54) is 0 Å². The summed E-state index contributed by atoms with van der Waals surface area (Å²) in [6, 6.07) is -0.264. The van der Waals surface area contributed by atoms with Gasteiger partial charge in [0.2, 0.25) is 0 Å². The molecule has 0 spiro atoms. The third kappa shape index (κ3) is 10.1. The van der Waals surface area contributed by atoms with Crippen LogP contribution in [-0.4, -0.2) is 46.4 Å². The molecule has 6 nitrogen and oxygen atoms in total. The molecule has 0 saturated carbocycles. The van der Waals surface area contributed by atoms with Gasteiger partial charge in [0.25, 0.3) is 0 Å². The van der Waals surface area contributed by atoms with Crippen molar-refractivity contribution in [3.05, 3.63) is 0 Å². The van der Waals surface area contributed by atoms with Crippen LogP contribution in [0.15, 0.2) is 0 Å². The molecule has 2 unspecified atom stereocenters. The summed E-state index contributed by atoms with van der Waals surface area (Å²) in [7, 11) is -0.824. The molecule has 0 radical (unpaired) electrons. The number of hydrogen-bond donors (Lipinski definition) is 3. The zero-order chi connectivity index (χ0) is 14.0. The molecule has 0 saturated heterocycles. The molecule has 0 bridgehead atoms. The number of nitrogens with one attached hydrogen (secondary N) is 2. The second kappa shape index (κ2) is 9.87. The predicted molar refractivity (Wildman–Crippen MR) is 71.0 cm³/mol. The SMILES string of the molecule is CC(CCCNC(=O)NCCCS(C)=O)C(=O)O. The third-order valence-electron chi connectivity index (χ3n) is 2.42. The van der Waals surface area contributed by atoms with Gasteiger partial charge < -0.3 is 15.7 Å². The van der Waals surface area contributed by atoms with Crippen LogP contribution in [-0.2, 0) is 15.6 Å². The van der Waals surface area contributed by atoms with Crippen LogP contribution < -0.4 is 10.6 Å². The van der Waals surface area contributed by atoms with E-state index in [4.69, 9.17) is 5.11 Å². The number of aliphatic carboxylic acids is 1. The molecule has 0 aromatic carbocycles. The molecule has 7 heteroatoms. The molecule has 0 aliphatic heterocycles. The molecule has 0 aliphatic rings. The van der Waals surface area contributed by atoms with Gasteiger partial charge in [-0.3, -0.25) is 9.00 Å². The summed E-state index contributed by atoms with van der Waals surface area (Å²) in [5.74, 6) is -0.613. The lowest BCUT2D eigenvalue weighted by Crippen LogP contribution is -2.37. The average Bonchev–Trinajstić information content (AvgIpc) is 2.29. The number of carbonyl (C=O) groups is 2. The minimum absolute atomic E-state index is 0.264. The third-order valence-corrected chi connectivity index (χ3v) is 3.28. The first-order chi connectivity index (χ1) is 8.43. The van der Waals surface area contributed by atoms with E-state index in [0.717, 1.165) is 0 Å². The van der Waals surface area contributed by atoms with E-state index in [1.54, 1.807) is 13.2 Å². The van der Waals surface area contributed by atoms with Crippen LogP contribution in [0.25, 0.3) is 0 Å². The van der Waals surface area contributed by atoms with Crippen molar-refractivity contribution in [1.82, 2.24) is 10.6 Å². The van der Waals surface area contributed by atoms with Gasteiger partial charge in [-0.15, -0.1) is 0 Å². The first kappa shape index (κ1) is 16.9. The molecule has 0 aliphatic carbocycles. The van der Waals surface area contributed by atoms with Crippen molar-refractivity contribution in [3.8, 4) is 0 Å². The van der Waals surface area contributed by atoms with E-state index in [9.17, 15) is 13.8 Å². The highest BCUT2D eigenvalue weighted by atomic mass is 32.2. The zero-order valence-electron chi connectivity index (χ0n) is 10.9. The quantitative estimate of drug-likeness (QED) is 0.537. The zero-order valence-corrected chi connectivity index (χ0v) is 11.7. The van der Waals surface area contributed by atoms with Crippen molar-refractivity contribution in [3.63, 3.8) is 0 Å². The minimum atomic E-state index is -0.824. The molecule has 2 atom stereocenters. The van der Waals surface area contributed by atoms with Gasteiger partial charge in [-0.25, -0.2) is 4.79 Å². The maximum atomic E-state index is 11.3. The summed E-state index contributed by atoms with van der Waals surface area (Å²) in [6.07, 6.45) is 3.50. The standard InChI is InChI=1S/C11H22N2O4S/c1-9(10(14)15)5-3-6-12-11(16)13-7-4-8-18(2)17/h9H,3-8H2,1-2H3,(H,14,15)(H2,12,13,16). The van der Waals surface area contributed by atoms with Crippen molar-refractivity contribution >= 4 is 22.8 Å². The fourth-order valence-corrected chi connectivity index (χ4v) is 1.82. The van der Waals surface area contributed by atoms with E-state index in [-0.39, 0.29) is 11.9 Å². The van der Waals surface area contributed by atoms with E-state index >= 15 is 0 Å². The molecule has 2 amide bonds. The van der Waals surface area contributed by atoms with Crippen molar-refractivity contribution in [2.75, 3.05) is 25.1 Å². The van der Waals surface area contributed by atoms with Crippen molar-refractivity contribution in [2.24, 2.45) is 5.92 Å². The minimum Gasteiger partial charge on any atom is -0.481 e. The van der Waals surface area contributed by atoms with E-state index in [2.05, 4.69) is 10.6 Å². The van der Waals surface area contributed by atoms with E-state index in [1.807, 2.05) is 0 Å². The Bertz CT molecular complexity index is 297. The van der Waals surface area contributed by atoms with Gasteiger partial charge in [0.1, 0.15) is 0 Å². The summed E-state index contributed by atoms with van der Waals surface area (Å²) in [4.78, 5) is 21.8. The Kier molecular flexibility index (Phi) is 9.26. The predicted octanol–water partition coefficient (Wildman–Crippen LogP) is 0.555. The Labute approximate surface area is 110 Å². The van der Waals surface area contributed by atoms with Gasteiger partial charge in [-0.05, 0) is 19.3 Å². The lowest BCUT2D eigenvalue weighted by atomic mass is 10.1. The summed E-state index contributed by atoms with van der Waals surface area (Å²) in [5.41, 5.74) is 0. The molecule has 3 N–H and O–H groups in total. The molecular weight excluding hydrogens is 256 g/mol. The van der Waals surface area contributed by atoms with Crippen molar-refractivity contribution < 1.29 is 18.9 Å². The summed E-state index contributed by atoms with van der Waals surface area (Å²) in [5, 5.41) is 13.9. The van der Waals surface area contributed by atoms with Gasteiger partial charge in [0.05, 0.1) is 5.92 Å². The van der Waals surface area contributed by atoms with Crippen LogP contribution >= 0.6 is 0 Å². The van der Waals surface area contributed by atoms with Gasteiger partial charge in [0.15, 0.2) is 0 Å². The fourth-order valence-electron chi connectivity index (χ4n) is 1.27. The highest BCUT2D eigenvalue weighted by Gasteiger charge is 2.09. The molecule has 106 valence electrons. The Morgan fingerprint density at radius 3 is 2.28 bits per heavy atom. The first-order valence-electron chi connectivity index (χ1n) is 5.98. The summed E-state index contributed by atoms with van der Waals surface area (Å²) < 4.78 is 10.8. The fraction of sp³-hybridized carbons (Fsp3) is 0.818. The van der Waals surface area contributed by atoms with Crippen LogP contribution in [0.1, 0.15) is 26.2 Å².